The number of ether oxygens (including phenoxy) is 1. The number of rotatable bonds is 8. The summed E-state index contributed by atoms with van der Waals surface area (Å²) < 4.78 is 32.9. The van der Waals surface area contributed by atoms with E-state index in [-0.39, 0.29) is 17.5 Å². The highest BCUT2D eigenvalue weighted by molar-refractivity contribution is 7.89. The molecule has 1 aliphatic rings. The molecule has 8 heteroatoms. The van der Waals surface area contributed by atoms with Crippen LogP contribution in [0.25, 0.3) is 0 Å². The van der Waals surface area contributed by atoms with E-state index in [9.17, 15) is 13.2 Å². The van der Waals surface area contributed by atoms with Crippen LogP contribution >= 0.6 is 0 Å². The Hall–Kier alpha value is -2.71. The number of benzene rings is 2. The van der Waals surface area contributed by atoms with Crippen molar-refractivity contribution in [3.8, 4) is 5.75 Å². The van der Waals surface area contributed by atoms with Crippen molar-refractivity contribution in [1.29, 1.82) is 0 Å². The smallest absolute Gasteiger partial charge is 0.255 e. The largest absolute Gasteiger partial charge is 0.497 e. The van der Waals surface area contributed by atoms with Gasteiger partial charge in [-0.3, -0.25) is 4.79 Å². The van der Waals surface area contributed by atoms with Crippen LogP contribution in [0.2, 0.25) is 0 Å². The van der Waals surface area contributed by atoms with E-state index in [0.29, 0.717) is 5.75 Å². The average molecular weight is 430 g/mol. The first-order valence-electron chi connectivity index (χ1n) is 10.0. The summed E-state index contributed by atoms with van der Waals surface area (Å²) in [6.07, 6.45) is 6.02. The van der Waals surface area contributed by atoms with E-state index in [1.54, 1.807) is 43.5 Å². The fourth-order valence-electron chi connectivity index (χ4n) is 3.58. The Balaban J connectivity index is 1.72. The van der Waals surface area contributed by atoms with Gasteiger partial charge in [0.15, 0.2) is 0 Å². The SMILES string of the molecule is COc1cccc(/C=N/NC(=O)CN(C2CCCCC2)S(=O)(=O)c2ccccc2)c1. The maximum absolute atomic E-state index is 13.2. The summed E-state index contributed by atoms with van der Waals surface area (Å²) in [5, 5.41) is 3.97. The van der Waals surface area contributed by atoms with Crippen LogP contribution in [-0.2, 0) is 14.8 Å². The van der Waals surface area contributed by atoms with E-state index < -0.39 is 15.9 Å². The van der Waals surface area contributed by atoms with Gasteiger partial charge in [-0.1, -0.05) is 49.6 Å². The Morgan fingerprint density at radius 1 is 1.13 bits per heavy atom. The summed E-state index contributed by atoms with van der Waals surface area (Å²) in [4.78, 5) is 12.7. The second-order valence-electron chi connectivity index (χ2n) is 7.22. The lowest BCUT2D eigenvalue weighted by Gasteiger charge is -2.32. The predicted molar refractivity (Wildman–Crippen MR) is 116 cm³/mol. The van der Waals surface area contributed by atoms with Crippen molar-refractivity contribution < 1.29 is 17.9 Å². The number of hydrogen-bond donors (Lipinski definition) is 1. The van der Waals surface area contributed by atoms with Crippen molar-refractivity contribution in [2.45, 2.75) is 43.0 Å². The first-order chi connectivity index (χ1) is 14.5. The molecule has 0 heterocycles. The molecule has 1 N–H and O–H groups in total. The zero-order chi connectivity index (χ0) is 21.4. The van der Waals surface area contributed by atoms with Crippen LogP contribution in [0.5, 0.6) is 5.75 Å². The van der Waals surface area contributed by atoms with Crippen LogP contribution < -0.4 is 10.2 Å². The Bertz CT molecular complexity index is 971. The number of sulfonamides is 1. The lowest BCUT2D eigenvalue weighted by atomic mass is 9.95. The average Bonchev–Trinajstić information content (AvgIpc) is 2.78. The van der Waals surface area contributed by atoms with Gasteiger partial charge < -0.3 is 4.74 Å². The number of nitrogens with one attached hydrogen (secondary N) is 1. The third-order valence-corrected chi connectivity index (χ3v) is 7.04. The molecule has 2 aromatic carbocycles. The Morgan fingerprint density at radius 3 is 2.57 bits per heavy atom. The molecule has 0 bridgehead atoms. The normalized spacial score (nSPS) is 15.4. The van der Waals surface area contributed by atoms with Gasteiger partial charge in [0, 0.05) is 6.04 Å². The molecule has 0 aromatic heterocycles. The molecule has 30 heavy (non-hydrogen) atoms. The minimum absolute atomic E-state index is 0.183. The molecule has 0 saturated heterocycles. The van der Waals surface area contributed by atoms with Gasteiger partial charge in [-0.15, -0.1) is 0 Å². The first kappa shape index (κ1) is 22.0. The van der Waals surface area contributed by atoms with Gasteiger partial charge in [-0.25, -0.2) is 13.8 Å². The molecule has 0 aliphatic heterocycles. The molecule has 1 fully saturated rings. The van der Waals surface area contributed by atoms with E-state index in [1.165, 1.54) is 10.5 Å². The summed E-state index contributed by atoms with van der Waals surface area (Å²) in [6.45, 7) is -0.267. The van der Waals surface area contributed by atoms with Crippen molar-refractivity contribution in [2.75, 3.05) is 13.7 Å². The van der Waals surface area contributed by atoms with Gasteiger partial charge in [0.05, 0.1) is 24.8 Å². The van der Waals surface area contributed by atoms with Crippen molar-refractivity contribution in [2.24, 2.45) is 5.10 Å². The number of nitrogens with zero attached hydrogens (tertiary/aromatic N) is 2. The summed E-state index contributed by atoms with van der Waals surface area (Å²) >= 11 is 0. The Kier molecular flexibility index (Phi) is 7.59. The van der Waals surface area contributed by atoms with Crippen LogP contribution in [0.4, 0.5) is 0 Å². The number of amides is 1. The van der Waals surface area contributed by atoms with Crippen molar-refractivity contribution >= 4 is 22.1 Å². The van der Waals surface area contributed by atoms with Gasteiger partial charge >= 0.3 is 0 Å². The number of carbonyl (C=O) groups is 1. The lowest BCUT2D eigenvalue weighted by molar-refractivity contribution is -0.121. The van der Waals surface area contributed by atoms with Crippen LogP contribution in [0, 0.1) is 0 Å². The third-order valence-electron chi connectivity index (χ3n) is 5.13. The van der Waals surface area contributed by atoms with Crippen LogP contribution in [-0.4, -0.2) is 44.5 Å². The first-order valence-corrected chi connectivity index (χ1v) is 11.5. The molecule has 0 spiro atoms. The third kappa shape index (κ3) is 5.67. The molecule has 1 amide bonds. The summed E-state index contributed by atoms with van der Waals surface area (Å²) in [7, 11) is -2.20. The Labute approximate surface area is 177 Å². The molecule has 0 atom stereocenters. The monoisotopic (exact) mass is 429 g/mol. The fraction of sp³-hybridized carbons (Fsp3) is 0.364. The summed E-state index contributed by atoms with van der Waals surface area (Å²) in [5.74, 6) is 0.210. The highest BCUT2D eigenvalue weighted by atomic mass is 32.2. The second kappa shape index (κ2) is 10.4. The van der Waals surface area contributed by atoms with Crippen LogP contribution in [0.3, 0.4) is 0 Å². The van der Waals surface area contributed by atoms with Gasteiger partial charge in [-0.05, 0) is 42.7 Å². The van der Waals surface area contributed by atoms with E-state index >= 15 is 0 Å². The molecule has 2 aromatic rings. The maximum atomic E-state index is 13.2. The zero-order valence-electron chi connectivity index (χ0n) is 17.0. The lowest BCUT2D eigenvalue weighted by Crippen LogP contribution is -2.46. The zero-order valence-corrected chi connectivity index (χ0v) is 17.8. The molecule has 7 nitrogen and oxygen atoms in total. The number of methoxy groups -OCH3 is 1. The van der Waals surface area contributed by atoms with Crippen LogP contribution in [0.15, 0.2) is 64.6 Å². The molecule has 160 valence electrons. The highest BCUT2D eigenvalue weighted by Gasteiger charge is 2.33. The van der Waals surface area contributed by atoms with E-state index in [2.05, 4.69) is 10.5 Å². The van der Waals surface area contributed by atoms with E-state index in [4.69, 9.17) is 4.74 Å². The van der Waals surface area contributed by atoms with E-state index in [0.717, 1.165) is 37.7 Å². The summed E-state index contributed by atoms with van der Waals surface area (Å²) in [5.41, 5.74) is 3.21. The second-order valence-corrected chi connectivity index (χ2v) is 9.12. The molecule has 3 rings (SSSR count). The standard InChI is InChI=1S/C22H27N3O4S/c1-29-20-12-8-9-18(15-20)16-23-24-22(26)17-25(19-10-4-2-5-11-19)30(27,28)21-13-6-3-7-14-21/h3,6-9,12-16,19H,2,4-5,10-11,17H2,1H3,(H,24,26)/b23-16+. The van der Waals surface area contributed by atoms with Crippen molar-refractivity contribution in [1.82, 2.24) is 9.73 Å². The van der Waals surface area contributed by atoms with Crippen LogP contribution in [0.1, 0.15) is 37.7 Å². The topological polar surface area (TPSA) is 88.1 Å². The molecule has 1 aliphatic carbocycles. The van der Waals surface area contributed by atoms with Gasteiger partial charge in [0.2, 0.25) is 10.0 Å². The molecular formula is C22H27N3O4S. The fourth-order valence-corrected chi connectivity index (χ4v) is 5.25. The number of hydrogen-bond acceptors (Lipinski definition) is 5. The quantitative estimate of drug-likeness (QED) is 0.516. The molecule has 0 radical (unpaired) electrons. The summed E-state index contributed by atoms with van der Waals surface area (Å²) in [6, 6.07) is 15.3. The Morgan fingerprint density at radius 2 is 1.87 bits per heavy atom. The predicted octanol–water partition coefficient (Wildman–Crippen LogP) is 3.17. The van der Waals surface area contributed by atoms with Crippen molar-refractivity contribution in [3.05, 3.63) is 60.2 Å². The number of hydrazone groups is 1. The molecule has 1 saturated carbocycles. The van der Waals surface area contributed by atoms with Gasteiger partial charge in [-0.2, -0.15) is 9.41 Å². The van der Waals surface area contributed by atoms with Gasteiger partial charge in [0.25, 0.3) is 5.91 Å². The maximum Gasteiger partial charge on any atom is 0.255 e. The van der Waals surface area contributed by atoms with E-state index in [1.807, 2.05) is 18.2 Å². The molecule has 0 unspecified atom stereocenters. The molecular weight excluding hydrogens is 402 g/mol. The van der Waals surface area contributed by atoms with Crippen molar-refractivity contribution in [3.63, 3.8) is 0 Å². The minimum atomic E-state index is -3.78. The minimum Gasteiger partial charge on any atom is -0.497 e. The highest BCUT2D eigenvalue weighted by Crippen LogP contribution is 2.27. The van der Waals surface area contributed by atoms with Gasteiger partial charge in [0.1, 0.15) is 5.75 Å². The number of carbonyl (C=O) groups excluding carboxylic acids is 1.